The number of carbonyl (C=O) groups excluding carboxylic acids is 2. The van der Waals surface area contributed by atoms with Crippen LogP contribution in [0.3, 0.4) is 0 Å². The summed E-state index contributed by atoms with van der Waals surface area (Å²) < 4.78 is 4.98. The third-order valence-corrected chi connectivity index (χ3v) is 5.25. The lowest BCUT2D eigenvalue weighted by molar-refractivity contribution is -0.149. The molecule has 0 N–H and O–H groups in total. The molecule has 2 fully saturated rings. The molecule has 5 nitrogen and oxygen atoms in total. The number of benzene rings is 2. The van der Waals surface area contributed by atoms with E-state index in [0.717, 1.165) is 12.1 Å². The second-order valence-electron chi connectivity index (χ2n) is 6.99. The standard InChI is InChI=1S/C21H22N2O3/c1-26-20(25)21(15-23(21)13-17-10-6-3-7-11-17)19(24)18-14-22(18)12-16-8-4-2-5-9-16/h2-11,18H,12-15H2,1H3. The maximum absolute atomic E-state index is 13.1. The Bertz CT molecular complexity index is 809. The number of Topliss-reactive ketones (excluding diaryl/α,β-unsaturated/α-hetero) is 1. The van der Waals surface area contributed by atoms with Crippen molar-refractivity contribution in [2.24, 2.45) is 0 Å². The highest BCUT2D eigenvalue weighted by molar-refractivity contribution is 6.15. The fourth-order valence-corrected chi connectivity index (χ4v) is 3.62. The van der Waals surface area contributed by atoms with Crippen molar-refractivity contribution in [1.82, 2.24) is 9.80 Å². The van der Waals surface area contributed by atoms with Gasteiger partial charge in [-0.2, -0.15) is 0 Å². The molecular formula is C21H22N2O3. The van der Waals surface area contributed by atoms with Gasteiger partial charge < -0.3 is 4.74 Å². The number of hydrogen-bond acceptors (Lipinski definition) is 5. The maximum atomic E-state index is 13.1. The van der Waals surface area contributed by atoms with Crippen molar-refractivity contribution in [2.45, 2.75) is 24.7 Å². The topological polar surface area (TPSA) is 49.4 Å². The van der Waals surface area contributed by atoms with Crippen molar-refractivity contribution in [3.8, 4) is 0 Å². The summed E-state index contributed by atoms with van der Waals surface area (Å²) in [4.78, 5) is 29.5. The molecule has 5 heteroatoms. The highest BCUT2D eigenvalue weighted by Gasteiger charge is 2.68. The van der Waals surface area contributed by atoms with Crippen LogP contribution in [0, 0.1) is 0 Å². The van der Waals surface area contributed by atoms with Crippen LogP contribution in [0.5, 0.6) is 0 Å². The van der Waals surface area contributed by atoms with E-state index < -0.39 is 11.5 Å². The number of methoxy groups -OCH3 is 1. The minimum absolute atomic E-state index is 0.0313. The lowest BCUT2D eigenvalue weighted by Gasteiger charge is -2.15. The molecule has 0 spiro atoms. The second kappa shape index (κ2) is 6.67. The molecular weight excluding hydrogens is 328 g/mol. The van der Waals surface area contributed by atoms with Gasteiger partial charge in [-0.05, 0) is 11.1 Å². The Morgan fingerprint density at radius 3 is 2.15 bits per heavy atom. The summed E-state index contributed by atoms with van der Waals surface area (Å²) in [7, 11) is 1.35. The molecule has 4 atom stereocenters. The highest BCUT2D eigenvalue weighted by Crippen LogP contribution is 2.40. The lowest BCUT2D eigenvalue weighted by Crippen LogP contribution is -2.43. The molecule has 4 rings (SSSR count). The molecule has 2 heterocycles. The van der Waals surface area contributed by atoms with Crippen molar-refractivity contribution in [3.63, 3.8) is 0 Å². The van der Waals surface area contributed by atoms with Crippen LogP contribution in [0.1, 0.15) is 11.1 Å². The van der Waals surface area contributed by atoms with Crippen molar-refractivity contribution in [3.05, 3.63) is 71.8 Å². The minimum Gasteiger partial charge on any atom is -0.467 e. The third-order valence-electron chi connectivity index (χ3n) is 5.25. The number of rotatable bonds is 7. The fourth-order valence-electron chi connectivity index (χ4n) is 3.62. The summed E-state index contributed by atoms with van der Waals surface area (Å²) in [5.74, 6) is -0.471. The summed E-state index contributed by atoms with van der Waals surface area (Å²) in [6, 6.07) is 19.8. The molecule has 0 bridgehead atoms. The molecule has 0 aromatic heterocycles. The van der Waals surface area contributed by atoms with E-state index in [1.807, 2.05) is 53.4 Å². The molecule has 2 saturated heterocycles. The maximum Gasteiger partial charge on any atom is 0.335 e. The van der Waals surface area contributed by atoms with Crippen molar-refractivity contribution < 1.29 is 14.3 Å². The van der Waals surface area contributed by atoms with E-state index in [4.69, 9.17) is 4.74 Å². The summed E-state index contributed by atoms with van der Waals surface area (Å²) >= 11 is 0. The van der Waals surface area contributed by atoms with Gasteiger partial charge in [0.15, 0.2) is 11.3 Å². The molecule has 134 valence electrons. The monoisotopic (exact) mass is 350 g/mol. The van der Waals surface area contributed by atoms with Crippen molar-refractivity contribution >= 4 is 11.8 Å². The van der Waals surface area contributed by atoms with Crippen LogP contribution in [-0.4, -0.2) is 53.3 Å². The summed E-state index contributed by atoms with van der Waals surface area (Å²) in [5.41, 5.74) is 1.15. The quantitative estimate of drug-likeness (QED) is 0.433. The molecule has 26 heavy (non-hydrogen) atoms. The molecule has 2 aliphatic rings. The Balaban J connectivity index is 1.45. The molecule has 2 aromatic rings. The number of ketones is 1. The van der Waals surface area contributed by atoms with Gasteiger partial charge in [-0.1, -0.05) is 60.7 Å². The SMILES string of the molecule is COC(=O)C1(C(=O)C2CN2Cc2ccccc2)CN1Cc1ccccc1. The zero-order chi connectivity index (χ0) is 18.1. The Morgan fingerprint density at radius 2 is 1.58 bits per heavy atom. The van der Waals surface area contributed by atoms with Gasteiger partial charge >= 0.3 is 5.97 Å². The number of nitrogens with zero attached hydrogens (tertiary/aromatic N) is 2. The summed E-state index contributed by atoms with van der Waals surface area (Å²) in [5, 5.41) is 0. The zero-order valence-corrected chi connectivity index (χ0v) is 14.8. The van der Waals surface area contributed by atoms with Crippen molar-refractivity contribution in [1.29, 1.82) is 0 Å². The van der Waals surface area contributed by atoms with Crippen LogP contribution in [0.4, 0.5) is 0 Å². The van der Waals surface area contributed by atoms with E-state index in [1.54, 1.807) is 0 Å². The van der Waals surface area contributed by atoms with E-state index in [2.05, 4.69) is 17.0 Å². The Morgan fingerprint density at radius 1 is 1.00 bits per heavy atom. The van der Waals surface area contributed by atoms with E-state index in [9.17, 15) is 9.59 Å². The normalized spacial score (nSPS) is 29.0. The van der Waals surface area contributed by atoms with Gasteiger partial charge in [-0.25, -0.2) is 4.79 Å². The predicted molar refractivity (Wildman–Crippen MR) is 97.2 cm³/mol. The molecule has 2 aromatic carbocycles. The first kappa shape index (κ1) is 16.9. The van der Waals surface area contributed by atoms with Gasteiger partial charge in [0.25, 0.3) is 0 Å². The molecule has 2 aliphatic heterocycles. The highest BCUT2D eigenvalue weighted by atomic mass is 16.5. The molecule has 4 unspecified atom stereocenters. The summed E-state index contributed by atoms with van der Waals surface area (Å²) in [6.07, 6.45) is 0. The Kier molecular flexibility index (Phi) is 4.34. The predicted octanol–water partition coefficient (Wildman–Crippen LogP) is 1.87. The van der Waals surface area contributed by atoms with Gasteiger partial charge in [0.05, 0.1) is 13.2 Å². The van der Waals surface area contributed by atoms with E-state index in [-0.39, 0.29) is 11.8 Å². The first-order chi connectivity index (χ1) is 12.6. The van der Waals surface area contributed by atoms with Crippen LogP contribution >= 0.6 is 0 Å². The number of hydrogen-bond donors (Lipinski definition) is 0. The van der Waals surface area contributed by atoms with Crippen molar-refractivity contribution in [2.75, 3.05) is 20.2 Å². The van der Waals surface area contributed by atoms with Crippen LogP contribution < -0.4 is 0 Å². The molecule has 0 amide bonds. The van der Waals surface area contributed by atoms with Gasteiger partial charge in [0, 0.05) is 26.2 Å². The minimum atomic E-state index is -1.11. The largest absolute Gasteiger partial charge is 0.467 e. The first-order valence-corrected chi connectivity index (χ1v) is 8.85. The Labute approximate surface area is 153 Å². The van der Waals surface area contributed by atoms with Crippen LogP contribution in [0.2, 0.25) is 0 Å². The fraction of sp³-hybridized carbons (Fsp3) is 0.333. The van der Waals surface area contributed by atoms with E-state index >= 15 is 0 Å². The summed E-state index contributed by atoms with van der Waals surface area (Å²) in [6.45, 7) is 2.44. The second-order valence-corrected chi connectivity index (χ2v) is 6.99. The smallest absolute Gasteiger partial charge is 0.335 e. The average Bonchev–Trinajstić information content (AvgIpc) is 3.59. The van der Waals surface area contributed by atoms with Crippen LogP contribution in [0.15, 0.2) is 60.7 Å². The molecule has 0 radical (unpaired) electrons. The average molecular weight is 350 g/mol. The number of carbonyl (C=O) groups is 2. The first-order valence-electron chi connectivity index (χ1n) is 8.85. The number of ether oxygens (including phenoxy) is 1. The number of esters is 1. The van der Waals surface area contributed by atoms with Gasteiger partial charge in [0.1, 0.15) is 0 Å². The third kappa shape index (κ3) is 3.04. The van der Waals surface area contributed by atoms with Gasteiger partial charge in [-0.3, -0.25) is 14.6 Å². The zero-order valence-electron chi connectivity index (χ0n) is 14.8. The van der Waals surface area contributed by atoms with Gasteiger partial charge in [0.2, 0.25) is 0 Å². The van der Waals surface area contributed by atoms with Gasteiger partial charge in [-0.15, -0.1) is 0 Å². The van der Waals surface area contributed by atoms with E-state index in [1.165, 1.54) is 12.7 Å². The van der Waals surface area contributed by atoms with Crippen LogP contribution in [0.25, 0.3) is 0 Å². The van der Waals surface area contributed by atoms with Crippen LogP contribution in [-0.2, 0) is 27.4 Å². The molecule has 0 aliphatic carbocycles. The van der Waals surface area contributed by atoms with E-state index in [0.29, 0.717) is 19.6 Å². The molecule has 0 saturated carbocycles. The lowest BCUT2D eigenvalue weighted by atomic mass is 10.0. The Hall–Kier alpha value is -2.50.